The van der Waals surface area contributed by atoms with E-state index < -0.39 is 0 Å². The second-order valence-corrected chi connectivity index (χ2v) is 5.66. The Bertz CT molecular complexity index is 559. The highest BCUT2D eigenvalue weighted by molar-refractivity contribution is 6.45. The summed E-state index contributed by atoms with van der Waals surface area (Å²) in [5.41, 5.74) is 6.68. The van der Waals surface area contributed by atoms with Crippen LogP contribution in [0.5, 0.6) is 0 Å². The van der Waals surface area contributed by atoms with Gasteiger partial charge in [-0.1, -0.05) is 29.3 Å². The Hall–Kier alpha value is -0.830. The van der Waals surface area contributed by atoms with E-state index in [1.807, 2.05) is 26.0 Å². The summed E-state index contributed by atoms with van der Waals surface area (Å²) < 4.78 is 0. The van der Waals surface area contributed by atoms with Crippen molar-refractivity contribution in [3.63, 3.8) is 0 Å². The minimum Gasteiger partial charge on any atom is -0.325 e. The SMILES string of the molecule is CC(C)(N)Cc1nccc2c(Cl)c(Cl)ccc12. The molecule has 0 atom stereocenters. The predicted octanol–water partition coefficient (Wildman–Crippen LogP) is 3.82. The van der Waals surface area contributed by atoms with Crippen LogP contribution in [-0.4, -0.2) is 10.5 Å². The van der Waals surface area contributed by atoms with Crippen molar-refractivity contribution >= 4 is 34.0 Å². The number of benzene rings is 1. The average Bonchev–Trinajstić information content (AvgIpc) is 2.22. The Labute approximate surface area is 111 Å². The van der Waals surface area contributed by atoms with Crippen LogP contribution in [-0.2, 0) is 6.42 Å². The molecule has 0 unspecified atom stereocenters. The lowest BCUT2D eigenvalue weighted by atomic mass is 9.96. The van der Waals surface area contributed by atoms with Crippen molar-refractivity contribution in [3.8, 4) is 0 Å². The third kappa shape index (κ3) is 2.71. The molecule has 2 N–H and O–H groups in total. The molecule has 0 radical (unpaired) electrons. The number of hydrogen-bond donors (Lipinski definition) is 1. The largest absolute Gasteiger partial charge is 0.325 e. The highest BCUT2D eigenvalue weighted by Crippen LogP contribution is 2.32. The van der Waals surface area contributed by atoms with Gasteiger partial charge in [-0.15, -0.1) is 0 Å². The van der Waals surface area contributed by atoms with Crippen molar-refractivity contribution in [2.75, 3.05) is 0 Å². The Balaban J connectivity index is 2.63. The molecule has 17 heavy (non-hydrogen) atoms. The number of pyridine rings is 1. The van der Waals surface area contributed by atoms with Gasteiger partial charge in [0.25, 0.3) is 0 Å². The van der Waals surface area contributed by atoms with Gasteiger partial charge in [-0.25, -0.2) is 0 Å². The van der Waals surface area contributed by atoms with Crippen molar-refractivity contribution in [1.29, 1.82) is 0 Å². The predicted molar refractivity (Wildman–Crippen MR) is 73.7 cm³/mol. The van der Waals surface area contributed by atoms with E-state index in [1.54, 1.807) is 12.3 Å². The van der Waals surface area contributed by atoms with Crippen LogP contribution in [0.3, 0.4) is 0 Å². The number of nitrogens with zero attached hydrogens (tertiary/aromatic N) is 1. The number of fused-ring (bicyclic) bond motifs is 1. The summed E-state index contributed by atoms with van der Waals surface area (Å²) >= 11 is 12.2. The second kappa shape index (κ2) is 4.45. The quantitative estimate of drug-likeness (QED) is 0.900. The van der Waals surface area contributed by atoms with Gasteiger partial charge in [-0.05, 0) is 26.0 Å². The molecule has 2 aromatic rings. The van der Waals surface area contributed by atoms with Gasteiger partial charge in [-0.3, -0.25) is 4.98 Å². The molecule has 1 aromatic carbocycles. The third-order valence-corrected chi connectivity index (χ3v) is 3.36. The minimum absolute atomic E-state index is 0.298. The van der Waals surface area contributed by atoms with Gasteiger partial charge in [-0.2, -0.15) is 0 Å². The van der Waals surface area contributed by atoms with Gasteiger partial charge in [0.2, 0.25) is 0 Å². The first kappa shape index (κ1) is 12.6. The molecule has 0 fully saturated rings. The van der Waals surface area contributed by atoms with E-state index in [4.69, 9.17) is 28.9 Å². The summed E-state index contributed by atoms with van der Waals surface area (Å²) in [6.07, 6.45) is 2.44. The van der Waals surface area contributed by atoms with E-state index in [2.05, 4.69) is 4.98 Å². The molecule has 1 aromatic heterocycles. The smallest absolute Gasteiger partial charge is 0.0671 e. The van der Waals surface area contributed by atoms with Crippen molar-refractivity contribution < 1.29 is 0 Å². The van der Waals surface area contributed by atoms with Gasteiger partial charge in [0.05, 0.1) is 10.0 Å². The molecular formula is C13H14Cl2N2. The van der Waals surface area contributed by atoms with Crippen LogP contribution in [0.1, 0.15) is 19.5 Å². The fourth-order valence-electron chi connectivity index (χ4n) is 1.82. The maximum absolute atomic E-state index is 6.18. The van der Waals surface area contributed by atoms with E-state index in [9.17, 15) is 0 Å². The molecule has 90 valence electrons. The van der Waals surface area contributed by atoms with Crippen molar-refractivity contribution in [2.24, 2.45) is 5.73 Å². The summed E-state index contributed by atoms with van der Waals surface area (Å²) in [6, 6.07) is 5.61. The molecule has 2 nitrogen and oxygen atoms in total. The Morgan fingerprint density at radius 3 is 2.53 bits per heavy atom. The van der Waals surface area contributed by atoms with Gasteiger partial charge < -0.3 is 5.73 Å². The summed E-state index contributed by atoms with van der Waals surface area (Å²) in [7, 11) is 0. The molecule has 1 heterocycles. The zero-order valence-corrected chi connectivity index (χ0v) is 11.3. The number of rotatable bonds is 2. The standard InChI is InChI=1S/C13H14Cl2N2/c1-13(2,16)7-11-8-3-4-10(14)12(15)9(8)5-6-17-11/h3-6H,7,16H2,1-2H3. The van der Waals surface area contributed by atoms with Crippen LogP contribution in [0.15, 0.2) is 24.4 Å². The van der Waals surface area contributed by atoms with E-state index in [1.165, 1.54) is 0 Å². The maximum atomic E-state index is 6.18. The molecule has 0 spiro atoms. The fourth-order valence-corrected chi connectivity index (χ4v) is 2.22. The molecule has 0 bridgehead atoms. The molecular weight excluding hydrogens is 255 g/mol. The molecule has 0 saturated heterocycles. The first-order valence-corrected chi connectivity index (χ1v) is 6.14. The van der Waals surface area contributed by atoms with Crippen LogP contribution < -0.4 is 5.73 Å². The number of halogens is 2. The minimum atomic E-state index is -0.298. The molecule has 2 rings (SSSR count). The number of nitrogens with two attached hydrogens (primary N) is 1. The Kier molecular flexibility index (Phi) is 3.30. The molecule has 0 aliphatic heterocycles. The van der Waals surface area contributed by atoms with Crippen LogP contribution in [0.25, 0.3) is 10.8 Å². The first-order chi connectivity index (χ1) is 7.88. The van der Waals surface area contributed by atoms with Crippen molar-refractivity contribution in [3.05, 3.63) is 40.1 Å². The van der Waals surface area contributed by atoms with Crippen molar-refractivity contribution in [1.82, 2.24) is 4.98 Å². The Morgan fingerprint density at radius 1 is 1.18 bits per heavy atom. The molecule has 4 heteroatoms. The van der Waals surface area contributed by atoms with E-state index in [0.29, 0.717) is 16.5 Å². The van der Waals surface area contributed by atoms with Gasteiger partial charge in [0.15, 0.2) is 0 Å². The van der Waals surface area contributed by atoms with Crippen LogP contribution in [0.2, 0.25) is 10.0 Å². The third-order valence-electron chi connectivity index (χ3n) is 2.54. The van der Waals surface area contributed by atoms with Crippen LogP contribution >= 0.6 is 23.2 Å². The topological polar surface area (TPSA) is 38.9 Å². The number of aromatic nitrogens is 1. The van der Waals surface area contributed by atoms with Crippen molar-refractivity contribution in [2.45, 2.75) is 25.8 Å². The molecule has 0 aliphatic carbocycles. The highest BCUT2D eigenvalue weighted by atomic mass is 35.5. The average molecular weight is 269 g/mol. The second-order valence-electron chi connectivity index (χ2n) is 4.88. The van der Waals surface area contributed by atoms with E-state index in [0.717, 1.165) is 16.5 Å². The lowest BCUT2D eigenvalue weighted by Crippen LogP contribution is -2.34. The van der Waals surface area contributed by atoms with Gasteiger partial charge >= 0.3 is 0 Å². The first-order valence-electron chi connectivity index (χ1n) is 5.39. The lowest BCUT2D eigenvalue weighted by Gasteiger charge is -2.19. The number of hydrogen-bond acceptors (Lipinski definition) is 2. The Morgan fingerprint density at radius 2 is 1.88 bits per heavy atom. The summed E-state index contributed by atoms with van der Waals surface area (Å²) in [5.74, 6) is 0. The monoisotopic (exact) mass is 268 g/mol. The molecule has 0 aliphatic rings. The van der Waals surface area contributed by atoms with Gasteiger partial charge in [0, 0.05) is 34.6 Å². The van der Waals surface area contributed by atoms with Crippen LogP contribution in [0.4, 0.5) is 0 Å². The highest BCUT2D eigenvalue weighted by Gasteiger charge is 2.16. The zero-order valence-electron chi connectivity index (χ0n) is 9.80. The fraction of sp³-hybridized carbons (Fsp3) is 0.308. The van der Waals surface area contributed by atoms with E-state index >= 15 is 0 Å². The maximum Gasteiger partial charge on any atom is 0.0671 e. The summed E-state index contributed by atoms with van der Waals surface area (Å²) in [4.78, 5) is 4.38. The van der Waals surface area contributed by atoms with Gasteiger partial charge in [0.1, 0.15) is 0 Å². The zero-order chi connectivity index (χ0) is 12.6. The summed E-state index contributed by atoms with van der Waals surface area (Å²) in [6.45, 7) is 3.95. The lowest BCUT2D eigenvalue weighted by molar-refractivity contribution is 0.512. The summed E-state index contributed by atoms with van der Waals surface area (Å²) in [5, 5.41) is 3.07. The normalized spacial score (nSPS) is 12.1. The molecule has 0 amide bonds. The van der Waals surface area contributed by atoms with Crippen LogP contribution in [0, 0.1) is 0 Å². The molecule has 0 saturated carbocycles. The van der Waals surface area contributed by atoms with E-state index in [-0.39, 0.29) is 5.54 Å².